The number of thiophene rings is 1. The van der Waals surface area contributed by atoms with Gasteiger partial charge in [-0.05, 0) is 0 Å². The third-order valence-electron chi connectivity index (χ3n) is 1.44. The van der Waals surface area contributed by atoms with E-state index in [0.717, 1.165) is 0 Å². The summed E-state index contributed by atoms with van der Waals surface area (Å²) in [6.45, 7) is 0. The third kappa shape index (κ3) is 1.52. The van der Waals surface area contributed by atoms with Crippen LogP contribution >= 0.6 is 22.0 Å². The quantitative estimate of drug-likeness (QED) is 0.704. The first-order valence-corrected chi connectivity index (χ1v) is 6.41. The topological polar surface area (TPSA) is 59.9 Å². The van der Waals surface area contributed by atoms with Crippen LogP contribution in [0.1, 0.15) is 0 Å². The van der Waals surface area contributed by atoms with Crippen molar-refractivity contribution in [1.29, 1.82) is 0 Å². The van der Waals surface area contributed by atoms with E-state index in [0.29, 0.717) is 10.3 Å². The Labute approximate surface area is 82.6 Å². The van der Waals surface area contributed by atoms with Gasteiger partial charge in [0.2, 0.25) is 0 Å². The van der Waals surface area contributed by atoms with Gasteiger partial charge in [-0.15, -0.1) is 11.3 Å². The highest BCUT2D eigenvalue weighted by molar-refractivity contribution is 8.14. The smallest absolute Gasteiger partial charge is 0.251 e. The lowest BCUT2D eigenvalue weighted by Crippen LogP contribution is -1.89. The van der Waals surface area contributed by atoms with Gasteiger partial charge in [-0.2, -0.15) is 0 Å². The summed E-state index contributed by atoms with van der Waals surface area (Å²) in [6.07, 6.45) is 2.93. The first-order valence-electron chi connectivity index (χ1n) is 3.22. The number of fused-ring (bicyclic) bond motifs is 1. The highest BCUT2D eigenvalue weighted by atomic mass is 35.7. The Bertz CT molecular complexity index is 549. The van der Waals surface area contributed by atoms with Crippen LogP contribution in [0, 0.1) is 0 Å². The summed E-state index contributed by atoms with van der Waals surface area (Å²) < 4.78 is 22.0. The van der Waals surface area contributed by atoms with Crippen LogP contribution in [-0.2, 0) is 9.05 Å². The van der Waals surface area contributed by atoms with Crippen molar-refractivity contribution < 1.29 is 8.42 Å². The van der Waals surface area contributed by atoms with Gasteiger partial charge in [0.25, 0.3) is 9.05 Å². The van der Waals surface area contributed by atoms with Crippen LogP contribution in [-0.4, -0.2) is 18.4 Å². The molecule has 2 aromatic heterocycles. The number of hydrogen-bond acceptors (Lipinski definition) is 5. The highest BCUT2D eigenvalue weighted by Gasteiger charge is 2.17. The number of halogens is 1. The van der Waals surface area contributed by atoms with E-state index in [1.165, 1.54) is 29.1 Å². The average Bonchev–Trinajstić information content (AvgIpc) is 2.45. The van der Waals surface area contributed by atoms with Gasteiger partial charge in [-0.3, -0.25) is 4.98 Å². The molecule has 0 aliphatic rings. The average molecular weight is 235 g/mol. The summed E-state index contributed by atoms with van der Waals surface area (Å²) in [7, 11) is 1.48. The van der Waals surface area contributed by atoms with Gasteiger partial charge in [-0.1, -0.05) is 0 Å². The van der Waals surface area contributed by atoms with Crippen molar-refractivity contribution >= 4 is 41.4 Å². The van der Waals surface area contributed by atoms with E-state index in [1.54, 1.807) is 0 Å². The molecule has 0 spiro atoms. The van der Waals surface area contributed by atoms with Gasteiger partial charge in [0.05, 0.1) is 0 Å². The van der Waals surface area contributed by atoms with Crippen molar-refractivity contribution in [2.45, 2.75) is 4.90 Å². The Morgan fingerprint density at radius 3 is 2.69 bits per heavy atom. The van der Waals surface area contributed by atoms with Gasteiger partial charge in [-0.25, -0.2) is 13.4 Å². The predicted octanol–water partition coefficient (Wildman–Crippen LogP) is 1.62. The molecule has 0 fully saturated rings. The maximum absolute atomic E-state index is 11.0. The summed E-state index contributed by atoms with van der Waals surface area (Å²) in [5, 5.41) is 1.44. The number of aromatic nitrogens is 2. The maximum atomic E-state index is 11.0. The Balaban J connectivity index is 2.87. The summed E-state index contributed by atoms with van der Waals surface area (Å²) in [5.41, 5.74) is 0.336. The molecular weight excluding hydrogens is 232 g/mol. The van der Waals surface area contributed by atoms with E-state index in [1.807, 2.05) is 0 Å². The summed E-state index contributed by atoms with van der Waals surface area (Å²) in [4.78, 5) is 8.44. The van der Waals surface area contributed by atoms with Gasteiger partial charge in [0.15, 0.2) is 0 Å². The van der Waals surface area contributed by atoms with Gasteiger partial charge in [0.1, 0.15) is 15.2 Å². The zero-order chi connectivity index (χ0) is 9.47. The molecule has 0 aliphatic carbocycles. The molecule has 0 N–H and O–H groups in total. The fourth-order valence-electron chi connectivity index (χ4n) is 0.919. The van der Waals surface area contributed by atoms with Crippen molar-refractivity contribution in [2.24, 2.45) is 0 Å². The first kappa shape index (κ1) is 8.86. The minimum Gasteiger partial charge on any atom is -0.251 e. The molecule has 2 rings (SSSR count). The lowest BCUT2D eigenvalue weighted by Gasteiger charge is -1.90. The molecule has 13 heavy (non-hydrogen) atoms. The summed E-state index contributed by atoms with van der Waals surface area (Å²) in [5.74, 6) is 0. The second kappa shape index (κ2) is 2.90. The molecule has 0 radical (unpaired) electrons. The number of hydrogen-bond donors (Lipinski definition) is 0. The van der Waals surface area contributed by atoms with E-state index in [-0.39, 0.29) is 4.90 Å². The Kier molecular flexibility index (Phi) is 1.98. The molecule has 4 nitrogen and oxygen atoms in total. The van der Waals surface area contributed by atoms with Crippen molar-refractivity contribution in [2.75, 3.05) is 0 Å². The van der Waals surface area contributed by atoms with Crippen LogP contribution in [0.15, 0.2) is 22.7 Å². The summed E-state index contributed by atoms with van der Waals surface area (Å²) >= 11 is 1.20. The van der Waals surface area contributed by atoms with Crippen molar-refractivity contribution in [1.82, 2.24) is 9.97 Å². The van der Waals surface area contributed by atoms with Crippen LogP contribution < -0.4 is 0 Å². The van der Waals surface area contributed by atoms with E-state index < -0.39 is 9.05 Å². The molecule has 0 aliphatic heterocycles. The largest absolute Gasteiger partial charge is 0.264 e. The molecule has 0 atom stereocenters. The zero-order valence-electron chi connectivity index (χ0n) is 6.14. The molecule has 68 valence electrons. The van der Waals surface area contributed by atoms with Gasteiger partial charge >= 0.3 is 0 Å². The molecule has 2 aromatic rings. The number of rotatable bonds is 1. The van der Waals surface area contributed by atoms with Gasteiger partial charge < -0.3 is 0 Å². The zero-order valence-corrected chi connectivity index (χ0v) is 8.53. The predicted molar refractivity (Wildman–Crippen MR) is 50.5 cm³/mol. The molecule has 0 bridgehead atoms. The second-order valence-electron chi connectivity index (χ2n) is 2.25. The molecule has 0 unspecified atom stereocenters. The minimum absolute atomic E-state index is 0.0299. The summed E-state index contributed by atoms with van der Waals surface area (Å²) in [6, 6.07) is 0. The van der Waals surface area contributed by atoms with Gasteiger partial charge in [0, 0.05) is 28.5 Å². The fourth-order valence-corrected chi connectivity index (χ4v) is 3.24. The lowest BCUT2D eigenvalue weighted by atomic mass is 10.5. The standard InChI is InChI=1S/C6H3ClN2O2S2/c7-13(10,11)4-3-12-6-5(4)8-1-2-9-6/h1-3H. The van der Waals surface area contributed by atoms with Crippen LogP contribution in [0.4, 0.5) is 0 Å². The van der Waals surface area contributed by atoms with Crippen molar-refractivity contribution in [3.8, 4) is 0 Å². The Morgan fingerprint density at radius 1 is 1.31 bits per heavy atom. The highest BCUT2D eigenvalue weighted by Crippen LogP contribution is 2.27. The van der Waals surface area contributed by atoms with E-state index in [4.69, 9.17) is 10.7 Å². The third-order valence-corrected chi connectivity index (χ3v) is 3.80. The number of nitrogens with zero attached hydrogens (tertiary/aromatic N) is 2. The molecule has 0 amide bonds. The molecule has 7 heteroatoms. The lowest BCUT2D eigenvalue weighted by molar-refractivity contribution is 0.610. The monoisotopic (exact) mass is 234 g/mol. The van der Waals surface area contributed by atoms with E-state index in [2.05, 4.69) is 9.97 Å². The van der Waals surface area contributed by atoms with Crippen LogP contribution in [0.25, 0.3) is 10.3 Å². The van der Waals surface area contributed by atoms with Crippen molar-refractivity contribution in [3.05, 3.63) is 17.8 Å². The van der Waals surface area contributed by atoms with E-state index in [9.17, 15) is 8.42 Å². The SMILES string of the molecule is O=S(=O)(Cl)c1csc2nccnc12. The van der Waals surface area contributed by atoms with E-state index >= 15 is 0 Å². The second-order valence-corrected chi connectivity index (χ2v) is 5.64. The Hall–Kier alpha value is -0.720. The molecule has 0 saturated carbocycles. The first-order chi connectivity index (χ1) is 6.09. The normalized spacial score (nSPS) is 12.1. The molecule has 2 heterocycles. The maximum Gasteiger partial charge on any atom is 0.264 e. The molecule has 0 aromatic carbocycles. The molecular formula is C6H3ClN2O2S2. The fraction of sp³-hybridized carbons (Fsp3) is 0. The van der Waals surface area contributed by atoms with Crippen molar-refractivity contribution in [3.63, 3.8) is 0 Å². The van der Waals surface area contributed by atoms with Crippen LogP contribution in [0.3, 0.4) is 0 Å². The molecule has 0 saturated heterocycles. The minimum atomic E-state index is -3.71. The van der Waals surface area contributed by atoms with Crippen LogP contribution in [0.2, 0.25) is 0 Å². The Morgan fingerprint density at radius 2 is 2.00 bits per heavy atom. The van der Waals surface area contributed by atoms with Crippen LogP contribution in [0.5, 0.6) is 0 Å².